The van der Waals surface area contributed by atoms with Crippen LogP contribution in [0.3, 0.4) is 0 Å². The van der Waals surface area contributed by atoms with Crippen molar-refractivity contribution in [2.45, 2.75) is 19.8 Å². The Morgan fingerprint density at radius 1 is 1.11 bits per heavy atom. The van der Waals surface area contributed by atoms with Gasteiger partial charge in [-0.05, 0) is 12.8 Å². The third-order valence-electron chi connectivity index (χ3n) is 2.34. The van der Waals surface area contributed by atoms with Crippen molar-refractivity contribution in [2.24, 2.45) is 0 Å². The molecular formula is C12H24N6O. The molecule has 19 heavy (non-hydrogen) atoms. The lowest BCUT2D eigenvalue weighted by atomic mass is 10.4. The molecule has 1 rings (SSSR count). The second kappa shape index (κ2) is 8.47. The van der Waals surface area contributed by atoms with Crippen LogP contribution in [0.4, 0.5) is 17.8 Å². The fourth-order valence-electron chi connectivity index (χ4n) is 1.38. The minimum atomic E-state index is 0.559. The zero-order valence-corrected chi connectivity index (χ0v) is 12.2. The molecular weight excluding hydrogens is 244 g/mol. The van der Waals surface area contributed by atoms with Crippen molar-refractivity contribution < 1.29 is 4.74 Å². The van der Waals surface area contributed by atoms with Crippen molar-refractivity contribution >= 4 is 17.8 Å². The van der Waals surface area contributed by atoms with E-state index >= 15 is 0 Å². The quantitative estimate of drug-likeness (QED) is 0.652. The van der Waals surface area contributed by atoms with Crippen LogP contribution in [0.1, 0.15) is 19.8 Å². The summed E-state index contributed by atoms with van der Waals surface area (Å²) < 4.78 is 5.41. The molecule has 2 N–H and O–H groups in total. The van der Waals surface area contributed by atoms with E-state index in [1.807, 2.05) is 19.0 Å². The summed E-state index contributed by atoms with van der Waals surface area (Å²) in [6, 6.07) is 0. The highest BCUT2D eigenvalue weighted by atomic mass is 16.5. The highest BCUT2D eigenvalue weighted by Crippen LogP contribution is 2.10. The molecule has 0 aliphatic heterocycles. The van der Waals surface area contributed by atoms with Crippen molar-refractivity contribution in [3.8, 4) is 0 Å². The highest BCUT2D eigenvalue weighted by Gasteiger charge is 2.06. The van der Waals surface area contributed by atoms with E-state index in [9.17, 15) is 0 Å². The highest BCUT2D eigenvalue weighted by molar-refractivity contribution is 5.42. The second-order valence-corrected chi connectivity index (χ2v) is 4.32. The van der Waals surface area contributed by atoms with Crippen molar-refractivity contribution in [2.75, 3.05) is 56.4 Å². The van der Waals surface area contributed by atoms with E-state index in [1.165, 1.54) is 0 Å². The normalized spacial score (nSPS) is 10.3. The Balaban J connectivity index is 2.46. The summed E-state index contributed by atoms with van der Waals surface area (Å²) in [4.78, 5) is 14.7. The zero-order valence-electron chi connectivity index (χ0n) is 12.2. The van der Waals surface area contributed by atoms with Gasteiger partial charge in [-0.25, -0.2) is 0 Å². The Labute approximate surface area is 114 Å². The fourth-order valence-corrected chi connectivity index (χ4v) is 1.38. The van der Waals surface area contributed by atoms with Crippen LogP contribution in [-0.4, -0.2) is 55.9 Å². The predicted molar refractivity (Wildman–Crippen MR) is 77.9 cm³/mol. The van der Waals surface area contributed by atoms with Gasteiger partial charge in [-0.2, -0.15) is 15.0 Å². The number of ether oxygens (including phenoxy) is 1. The maximum Gasteiger partial charge on any atom is 0.231 e. The molecule has 0 saturated heterocycles. The lowest BCUT2D eigenvalue weighted by Crippen LogP contribution is -2.17. The lowest BCUT2D eigenvalue weighted by molar-refractivity contribution is 0.134. The van der Waals surface area contributed by atoms with E-state index in [1.54, 1.807) is 7.05 Å². The molecule has 0 aliphatic carbocycles. The zero-order chi connectivity index (χ0) is 14.1. The molecule has 1 aromatic rings. The summed E-state index contributed by atoms with van der Waals surface area (Å²) in [7, 11) is 5.59. The number of aromatic nitrogens is 3. The van der Waals surface area contributed by atoms with Gasteiger partial charge >= 0.3 is 0 Å². The summed E-state index contributed by atoms with van der Waals surface area (Å²) in [6.07, 6.45) is 1.98. The van der Waals surface area contributed by atoms with Crippen LogP contribution in [0.5, 0.6) is 0 Å². The number of nitrogens with zero attached hydrogens (tertiary/aromatic N) is 4. The number of hydrogen-bond donors (Lipinski definition) is 2. The summed E-state index contributed by atoms with van der Waals surface area (Å²) in [5.41, 5.74) is 0. The molecule has 1 heterocycles. The van der Waals surface area contributed by atoms with Crippen LogP contribution in [0.25, 0.3) is 0 Å². The molecule has 0 bridgehead atoms. The average molecular weight is 268 g/mol. The molecule has 0 aromatic carbocycles. The third kappa shape index (κ3) is 5.69. The van der Waals surface area contributed by atoms with Crippen LogP contribution in [0, 0.1) is 0 Å². The van der Waals surface area contributed by atoms with E-state index in [0.717, 1.165) is 32.6 Å². The van der Waals surface area contributed by atoms with E-state index in [-0.39, 0.29) is 0 Å². The van der Waals surface area contributed by atoms with Crippen molar-refractivity contribution in [1.82, 2.24) is 15.0 Å². The first-order valence-electron chi connectivity index (χ1n) is 6.60. The molecule has 1 aromatic heterocycles. The van der Waals surface area contributed by atoms with Gasteiger partial charge in [0, 0.05) is 40.9 Å². The molecule has 0 fully saturated rings. The molecule has 7 nitrogen and oxygen atoms in total. The number of rotatable bonds is 9. The Morgan fingerprint density at radius 3 is 2.47 bits per heavy atom. The Hall–Kier alpha value is -1.63. The first-order chi connectivity index (χ1) is 9.17. The second-order valence-electron chi connectivity index (χ2n) is 4.32. The molecule has 0 unspecified atom stereocenters. The van der Waals surface area contributed by atoms with Gasteiger partial charge in [0.1, 0.15) is 0 Å². The first kappa shape index (κ1) is 15.4. The fraction of sp³-hybridized carbons (Fsp3) is 0.750. The van der Waals surface area contributed by atoms with Gasteiger partial charge in [0.05, 0.1) is 0 Å². The SMILES string of the molecule is CCCOCCCNc1nc(NC)nc(N(C)C)n1. The summed E-state index contributed by atoms with van der Waals surface area (Å²) in [6.45, 7) is 4.46. The van der Waals surface area contributed by atoms with Crippen LogP contribution in [0.2, 0.25) is 0 Å². The molecule has 7 heteroatoms. The number of anilines is 3. The minimum Gasteiger partial charge on any atom is -0.381 e. The summed E-state index contributed by atoms with van der Waals surface area (Å²) >= 11 is 0. The minimum absolute atomic E-state index is 0.559. The average Bonchev–Trinajstić information content (AvgIpc) is 2.42. The topological polar surface area (TPSA) is 75.2 Å². The number of nitrogens with one attached hydrogen (secondary N) is 2. The number of hydrogen-bond acceptors (Lipinski definition) is 7. The van der Waals surface area contributed by atoms with Gasteiger partial charge < -0.3 is 20.3 Å². The molecule has 0 amide bonds. The molecule has 0 saturated carbocycles. The van der Waals surface area contributed by atoms with E-state index in [4.69, 9.17) is 4.74 Å². The Morgan fingerprint density at radius 2 is 1.84 bits per heavy atom. The summed E-state index contributed by atoms with van der Waals surface area (Å²) in [5.74, 6) is 1.77. The standard InChI is InChI=1S/C12H24N6O/c1-5-8-19-9-6-7-14-11-15-10(13-2)16-12(17-11)18(3)4/h5-9H2,1-4H3,(H2,13,14,15,16,17). The molecule has 0 atom stereocenters. The van der Waals surface area contributed by atoms with E-state index in [0.29, 0.717) is 17.8 Å². The largest absolute Gasteiger partial charge is 0.381 e. The van der Waals surface area contributed by atoms with E-state index < -0.39 is 0 Å². The monoisotopic (exact) mass is 268 g/mol. The maximum absolute atomic E-state index is 5.41. The van der Waals surface area contributed by atoms with Gasteiger partial charge in [0.25, 0.3) is 0 Å². The van der Waals surface area contributed by atoms with Crippen LogP contribution in [0.15, 0.2) is 0 Å². The van der Waals surface area contributed by atoms with Crippen molar-refractivity contribution in [1.29, 1.82) is 0 Å². The third-order valence-corrected chi connectivity index (χ3v) is 2.34. The van der Waals surface area contributed by atoms with Crippen LogP contribution < -0.4 is 15.5 Å². The van der Waals surface area contributed by atoms with E-state index in [2.05, 4.69) is 32.5 Å². The van der Waals surface area contributed by atoms with Gasteiger partial charge in [-0.1, -0.05) is 6.92 Å². The van der Waals surface area contributed by atoms with Crippen molar-refractivity contribution in [3.05, 3.63) is 0 Å². The van der Waals surface area contributed by atoms with Crippen LogP contribution >= 0.6 is 0 Å². The smallest absolute Gasteiger partial charge is 0.231 e. The van der Waals surface area contributed by atoms with Gasteiger partial charge in [0.2, 0.25) is 17.8 Å². The Kier molecular flexibility index (Phi) is 6.88. The first-order valence-corrected chi connectivity index (χ1v) is 6.60. The van der Waals surface area contributed by atoms with Crippen molar-refractivity contribution in [3.63, 3.8) is 0 Å². The Bertz CT molecular complexity index is 371. The molecule has 108 valence electrons. The summed E-state index contributed by atoms with van der Waals surface area (Å²) in [5, 5.41) is 6.11. The van der Waals surface area contributed by atoms with Gasteiger partial charge in [-0.15, -0.1) is 0 Å². The molecule has 0 spiro atoms. The predicted octanol–water partition coefficient (Wildman–Crippen LogP) is 1.21. The lowest BCUT2D eigenvalue weighted by Gasteiger charge is -2.13. The van der Waals surface area contributed by atoms with Crippen LogP contribution in [-0.2, 0) is 4.74 Å². The molecule has 0 aliphatic rings. The van der Waals surface area contributed by atoms with Gasteiger partial charge in [0.15, 0.2) is 0 Å². The maximum atomic E-state index is 5.41. The molecule has 0 radical (unpaired) electrons. The van der Waals surface area contributed by atoms with Gasteiger partial charge in [-0.3, -0.25) is 0 Å².